The van der Waals surface area contributed by atoms with Crippen LogP contribution in [0.25, 0.3) is 9.78 Å². The third-order valence-electron chi connectivity index (χ3n) is 2.61. The molecule has 3 aromatic rings. The van der Waals surface area contributed by atoms with Gasteiger partial charge in [0.15, 0.2) is 0 Å². The van der Waals surface area contributed by atoms with Crippen LogP contribution in [-0.4, -0.2) is 25.3 Å². The second kappa shape index (κ2) is 4.81. The fraction of sp³-hybridized carbons (Fsp3) is 0. The quantitative estimate of drug-likeness (QED) is 0.516. The van der Waals surface area contributed by atoms with Gasteiger partial charge in [-0.1, -0.05) is 0 Å². The first-order valence-electron chi connectivity index (χ1n) is 5.40. The fourth-order valence-electron chi connectivity index (χ4n) is 1.73. The van der Waals surface area contributed by atoms with Crippen molar-refractivity contribution >= 4 is 46.0 Å². The van der Waals surface area contributed by atoms with Crippen molar-refractivity contribution in [2.45, 2.75) is 0 Å². The SMILES string of the molecule is O=C(c1nc2ccccc2[se]1)c1ccccc1Br. The van der Waals surface area contributed by atoms with E-state index in [1.54, 1.807) is 0 Å². The van der Waals surface area contributed by atoms with Gasteiger partial charge in [0, 0.05) is 0 Å². The predicted molar refractivity (Wildman–Crippen MR) is 76.3 cm³/mol. The third kappa shape index (κ3) is 2.07. The number of ketones is 1. The first-order chi connectivity index (χ1) is 8.75. The average molecular weight is 365 g/mol. The first-order valence-corrected chi connectivity index (χ1v) is 7.91. The number of nitrogens with zero attached hydrogens (tertiary/aromatic N) is 1. The van der Waals surface area contributed by atoms with E-state index in [9.17, 15) is 4.79 Å². The number of halogens is 1. The topological polar surface area (TPSA) is 30.0 Å². The zero-order valence-corrected chi connectivity index (χ0v) is 12.6. The van der Waals surface area contributed by atoms with Gasteiger partial charge in [-0.3, -0.25) is 0 Å². The van der Waals surface area contributed by atoms with E-state index in [4.69, 9.17) is 0 Å². The van der Waals surface area contributed by atoms with Crippen LogP contribution in [-0.2, 0) is 0 Å². The van der Waals surface area contributed by atoms with Crippen LogP contribution in [0.3, 0.4) is 0 Å². The monoisotopic (exact) mass is 365 g/mol. The van der Waals surface area contributed by atoms with Crippen molar-refractivity contribution in [2.24, 2.45) is 0 Å². The maximum absolute atomic E-state index is 12.4. The Morgan fingerprint density at radius 1 is 1.06 bits per heavy atom. The van der Waals surface area contributed by atoms with Gasteiger partial charge in [-0.25, -0.2) is 0 Å². The summed E-state index contributed by atoms with van der Waals surface area (Å²) in [5, 5.41) is 0. The number of carbonyl (C=O) groups excluding carboxylic acids is 1. The summed E-state index contributed by atoms with van der Waals surface area (Å²) < 4.78 is 2.68. The number of benzene rings is 2. The van der Waals surface area contributed by atoms with Crippen molar-refractivity contribution < 1.29 is 4.79 Å². The molecule has 0 N–H and O–H groups in total. The molecule has 4 heteroatoms. The van der Waals surface area contributed by atoms with E-state index in [0.717, 1.165) is 9.99 Å². The number of hydrogen-bond acceptors (Lipinski definition) is 2. The minimum atomic E-state index is 0.0168. The van der Waals surface area contributed by atoms with E-state index < -0.39 is 0 Å². The Kier molecular flexibility index (Phi) is 3.16. The average Bonchev–Trinajstić information content (AvgIpc) is 2.82. The molecular formula is C14H8BrNOSe. The Morgan fingerprint density at radius 3 is 2.56 bits per heavy atom. The van der Waals surface area contributed by atoms with Crippen LogP contribution in [0, 0.1) is 0 Å². The van der Waals surface area contributed by atoms with E-state index in [0.29, 0.717) is 10.1 Å². The van der Waals surface area contributed by atoms with Crippen molar-refractivity contribution in [3.63, 3.8) is 0 Å². The molecule has 0 saturated heterocycles. The molecule has 0 bridgehead atoms. The van der Waals surface area contributed by atoms with E-state index in [1.807, 2.05) is 48.5 Å². The standard InChI is InChI=1S/C14H8BrNOSe/c15-10-6-2-1-5-9(10)13(17)14-16-11-7-3-4-8-12(11)18-14/h1-8H. The molecule has 0 unspecified atom stereocenters. The van der Waals surface area contributed by atoms with E-state index in [-0.39, 0.29) is 20.3 Å². The van der Waals surface area contributed by atoms with Crippen LogP contribution < -0.4 is 0 Å². The zero-order chi connectivity index (χ0) is 12.5. The molecule has 0 aliphatic rings. The summed E-state index contributed by atoms with van der Waals surface area (Å²) in [5.41, 5.74) is 1.62. The number of hydrogen-bond donors (Lipinski definition) is 0. The number of aromatic nitrogens is 1. The van der Waals surface area contributed by atoms with Crippen molar-refractivity contribution in [1.29, 1.82) is 0 Å². The van der Waals surface area contributed by atoms with Gasteiger partial charge in [-0.15, -0.1) is 0 Å². The predicted octanol–water partition coefficient (Wildman–Crippen LogP) is 3.29. The first kappa shape index (κ1) is 11.8. The summed E-state index contributed by atoms with van der Waals surface area (Å²) in [4.78, 5) is 16.8. The Bertz CT molecular complexity index is 702. The third-order valence-corrected chi connectivity index (χ3v) is 5.47. The number of carbonyl (C=O) groups is 1. The zero-order valence-electron chi connectivity index (χ0n) is 9.26. The Hall–Kier alpha value is -1.22. The number of rotatable bonds is 2. The normalized spacial score (nSPS) is 10.7. The van der Waals surface area contributed by atoms with Crippen LogP contribution in [0.15, 0.2) is 53.0 Å². The van der Waals surface area contributed by atoms with Crippen LogP contribution in [0.2, 0.25) is 0 Å². The number of para-hydroxylation sites is 1. The van der Waals surface area contributed by atoms with Crippen molar-refractivity contribution in [1.82, 2.24) is 4.98 Å². The molecule has 18 heavy (non-hydrogen) atoms. The van der Waals surface area contributed by atoms with Crippen LogP contribution >= 0.6 is 15.9 Å². The summed E-state index contributed by atoms with van der Waals surface area (Å²) in [7, 11) is 0. The second-order valence-electron chi connectivity index (χ2n) is 3.80. The minimum absolute atomic E-state index is 0.0168. The molecule has 0 aliphatic carbocycles. The van der Waals surface area contributed by atoms with E-state index in [1.165, 1.54) is 4.26 Å². The Balaban J connectivity index is 2.10. The Labute approximate surface area is 119 Å². The molecule has 0 fully saturated rings. The van der Waals surface area contributed by atoms with Crippen LogP contribution in [0.5, 0.6) is 0 Å². The summed E-state index contributed by atoms with van der Waals surface area (Å²) >= 11 is 3.43. The Morgan fingerprint density at radius 2 is 1.78 bits per heavy atom. The fourth-order valence-corrected chi connectivity index (χ4v) is 4.12. The molecule has 0 atom stereocenters. The molecular weight excluding hydrogens is 357 g/mol. The molecule has 0 saturated carbocycles. The molecule has 0 radical (unpaired) electrons. The molecule has 2 nitrogen and oxygen atoms in total. The molecule has 3 rings (SSSR count). The molecule has 0 spiro atoms. The summed E-state index contributed by atoms with van der Waals surface area (Å²) in [5.74, 6) is 0.0266. The van der Waals surface area contributed by atoms with E-state index in [2.05, 4.69) is 20.9 Å². The van der Waals surface area contributed by atoms with Gasteiger partial charge in [-0.2, -0.15) is 0 Å². The molecule has 1 heterocycles. The van der Waals surface area contributed by atoms with Gasteiger partial charge in [-0.05, 0) is 0 Å². The second-order valence-corrected chi connectivity index (χ2v) is 6.81. The molecule has 2 aromatic carbocycles. The van der Waals surface area contributed by atoms with Gasteiger partial charge in [0.05, 0.1) is 0 Å². The summed E-state index contributed by atoms with van der Waals surface area (Å²) in [6.07, 6.45) is 0. The van der Waals surface area contributed by atoms with Gasteiger partial charge in [0.1, 0.15) is 0 Å². The maximum atomic E-state index is 12.4. The van der Waals surface area contributed by atoms with Crippen molar-refractivity contribution in [2.75, 3.05) is 0 Å². The summed E-state index contributed by atoms with van der Waals surface area (Å²) in [6, 6.07) is 15.4. The van der Waals surface area contributed by atoms with Crippen LogP contribution in [0.1, 0.15) is 14.9 Å². The molecule has 1 aromatic heterocycles. The number of fused-ring (bicyclic) bond motifs is 1. The van der Waals surface area contributed by atoms with E-state index >= 15 is 0 Å². The molecule has 88 valence electrons. The van der Waals surface area contributed by atoms with Crippen molar-refractivity contribution in [3.05, 3.63) is 63.1 Å². The molecule has 0 aliphatic heterocycles. The van der Waals surface area contributed by atoms with Gasteiger partial charge in [0.25, 0.3) is 0 Å². The van der Waals surface area contributed by atoms with Gasteiger partial charge < -0.3 is 0 Å². The molecule has 0 amide bonds. The van der Waals surface area contributed by atoms with Gasteiger partial charge >= 0.3 is 119 Å². The van der Waals surface area contributed by atoms with Gasteiger partial charge in [0.2, 0.25) is 0 Å². The van der Waals surface area contributed by atoms with Crippen molar-refractivity contribution in [3.8, 4) is 0 Å². The van der Waals surface area contributed by atoms with Crippen LogP contribution in [0.4, 0.5) is 0 Å². The summed E-state index contributed by atoms with van der Waals surface area (Å²) in [6.45, 7) is 0.